The van der Waals surface area contributed by atoms with Crippen molar-refractivity contribution in [3.05, 3.63) is 52.5 Å². The summed E-state index contributed by atoms with van der Waals surface area (Å²) in [6.07, 6.45) is 0. The summed E-state index contributed by atoms with van der Waals surface area (Å²) in [5.41, 5.74) is 0.652. The van der Waals surface area contributed by atoms with E-state index >= 15 is 0 Å². The third kappa shape index (κ3) is 3.41. The van der Waals surface area contributed by atoms with E-state index in [0.717, 1.165) is 9.37 Å². The fraction of sp³-hybridized carbons (Fsp3) is 0.188. The molecule has 0 fully saturated rings. The van der Waals surface area contributed by atoms with Crippen LogP contribution in [0.1, 0.15) is 10.4 Å². The van der Waals surface area contributed by atoms with E-state index in [1.165, 1.54) is 11.8 Å². The third-order valence-electron chi connectivity index (χ3n) is 3.06. The molecule has 1 aliphatic rings. The first kappa shape index (κ1) is 14.5. The van der Waals surface area contributed by atoms with E-state index in [1.807, 2.05) is 24.3 Å². The Morgan fingerprint density at radius 1 is 1.10 bits per heavy atom. The normalized spacial score (nSPS) is 13.0. The van der Waals surface area contributed by atoms with Gasteiger partial charge in [0, 0.05) is 14.9 Å². The average Bonchev–Trinajstić information content (AvgIpc) is 2.53. The highest BCUT2D eigenvalue weighted by Crippen LogP contribution is 2.32. The number of carbonyl (C=O) groups excluding carboxylic acids is 1. The Labute approximate surface area is 135 Å². The van der Waals surface area contributed by atoms with E-state index in [1.54, 1.807) is 18.2 Å². The molecule has 2 aromatic carbocycles. The Kier molecular flexibility index (Phi) is 4.51. The summed E-state index contributed by atoms with van der Waals surface area (Å²) in [5.74, 6) is 1.82. The molecule has 0 unspecified atom stereocenters. The Hall–Kier alpha value is -1.46. The molecule has 0 N–H and O–H groups in total. The summed E-state index contributed by atoms with van der Waals surface area (Å²) in [6.45, 7) is 1.08. The number of thioether (sulfide) groups is 1. The molecule has 0 amide bonds. The predicted octanol–water partition coefficient (Wildman–Crippen LogP) is 4.20. The van der Waals surface area contributed by atoms with E-state index in [9.17, 15) is 4.79 Å². The molecule has 3 nitrogen and oxygen atoms in total. The average molecular weight is 365 g/mol. The van der Waals surface area contributed by atoms with Crippen LogP contribution >= 0.6 is 27.7 Å². The number of fused-ring (bicyclic) bond motifs is 1. The van der Waals surface area contributed by atoms with Crippen LogP contribution in [0.2, 0.25) is 0 Å². The highest BCUT2D eigenvalue weighted by molar-refractivity contribution is 9.10. The van der Waals surface area contributed by atoms with Gasteiger partial charge in [-0.2, -0.15) is 0 Å². The highest BCUT2D eigenvalue weighted by Gasteiger charge is 2.15. The minimum absolute atomic E-state index is 0.0766. The minimum Gasteiger partial charge on any atom is -0.486 e. The van der Waals surface area contributed by atoms with Crippen LogP contribution in [0.15, 0.2) is 51.8 Å². The quantitative estimate of drug-likeness (QED) is 0.601. The van der Waals surface area contributed by atoms with Crippen molar-refractivity contribution in [2.24, 2.45) is 0 Å². The molecule has 0 atom stereocenters. The summed E-state index contributed by atoms with van der Waals surface area (Å²) in [5, 5.41) is 0. The van der Waals surface area contributed by atoms with Crippen molar-refractivity contribution in [3.8, 4) is 11.5 Å². The Morgan fingerprint density at radius 3 is 2.67 bits per heavy atom. The van der Waals surface area contributed by atoms with Gasteiger partial charge in [0.2, 0.25) is 0 Å². The second-order valence-corrected chi connectivity index (χ2v) is 6.37. The summed E-state index contributed by atoms with van der Waals surface area (Å²) < 4.78 is 12.0. The zero-order valence-corrected chi connectivity index (χ0v) is 13.6. The van der Waals surface area contributed by atoms with Crippen molar-refractivity contribution in [1.29, 1.82) is 0 Å². The van der Waals surface area contributed by atoms with Gasteiger partial charge in [-0.3, -0.25) is 4.79 Å². The number of benzene rings is 2. The maximum absolute atomic E-state index is 12.3. The lowest BCUT2D eigenvalue weighted by atomic mass is 10.1. The van der Waals surface area contributed by atoms with Crippen molar-refractivity contribution in [3.63, 3.8) is 0 Å². The van der Waals surface area contributed by atoms with Gasteiger partial charge in [0.05, 0.1) is 5.75 Å². The molecule has 21 heavy (non-hydrogen) atoms. The fourth-order valence-corrected chi connectivity index (χ4v) is 3.47. The van der Waals surface area contributed by atoms with Gasteiger partial charge in [-0.15, -0.1) is 11.8 Å². The van der Waals surface area contributed by atoms with Crippen LogP contribution in [0.25, 0.3) is 0 Å². The summed E-state index contributed by atoms with van der Waals surface area (Å²) >= 11 is 5.00. The highest BCUT2D eigenvalue weighted by atomic mass is 79.9. The van der Waals surface area contributed by atoms with Crippen LogP contribution < -0.4 is 9.47 Å². The molecule has 2 aromatic rings. The van der Waals surface area contributed by atoms with Gasteiger partial charge in [-0.1, -0.05) is 12.1 Å². The lowest BCUT2D eigenvalue weighted by Gasteiger charge is -2.18. The van der Waals surface area contributed by atoms with Gasteiger partial charge in [0.25, 0.3) is 0 Å². The molecule has 1 aliphatic heterocycles. The molecule has 0 saturated heterocycles. The Balaban J connectivity index is 1.69. The lowest BCUT2D eigenvalue weighted by Crippen LogP contribution is -2.16. The maximum atomic E-state index is 12.3. The van der Waals surface area contributed by atoms with Crippen LogP contribution in [0, 0.1) is 0 Å². The monoisotopic (exact) mass is 364 g/mol. The topological polar surface area (TPSA) is 35.5 Å². The zero-order valence-electron chi connectivity index (χ0n) is 11.2. The van der Waals surface area contributed by atoms with Gasteiger partial charge in [-0.05, 0) is 46.3 Å². The predicted molar refractivity (Wildman–Crippen MR) is 86.6 cm³/mol. The molecular formula is C16H13BrO3S. The second-order valence-electron chi connectivity index (χ2n) is 4.50. The summed E-state index contributed by atoms with van der Waals surface area (Å²) in [7, 11) is 0. The molecule has 108 valence electrons. The molecule has 5 heteroatoms. The van der Waals surface area contributed by atoms with Gasteiger partial charge in [0.15, 0.2) is 17.3 Å². The standard InChI is InChI=1S/C16H13BrO3S/c17-12-3-1-2-4-16(12)21-10-13(18)11-5-6-14-15(9-11)20-8-7-19-14/h1-6,9H,7-8,10H2. The Bertz CT molecular complexity index is 672. The van der Waals surface area contributed by atoms with Gasteiger partial charge in [0.1, 0.15) is 13.2 Å². The van der Waals surface area contributed by atoms with E-state index in [-0.39, 0.29) is 5.78 Å². The minimum atomic E-state index is 0.0766. The molecule has 0 saturated carbocycles. The van der Waals surface area contributed by atoms with Crippen molar-refractivity contribution >= 4 is 33.5 Å². The number of Topliss-reactive ketones (excluding diaryl/α,β-unsaturated/α-hetero) is 1. The fourth-order valence-electron chi connectivity index (χ4n) is 2.01. The number of carbonyl (C=O) groups is 1. The van der Waals surface area contributed by atoms with Crippen LogP contribution in [0.4, 0.5) is 0 Å². The second kappa shape index (κ2) is 6.54. The lowest BCUT2D eigenvalue weighted by molar-refractivity contribution is 0.102. The van der Waals surface area contributed by atoms with E-state index in [2.05, 4.69) is 15.9 Å². The van der Waals surface area contributed by atoms with Gasteiger partial charge < -0.3 is 9.47 Å². The first-order chi connectivity index (χ1) is 10.2. The number of ketones is 1. The summed E-state index contributed by atoms with van der Waals surface area (Å²) in [6, 6.07) is 13.2. The van der Waals surface area contributed by atoms with E-state index in [4.69, 9.17) is 9.47 Å². The van der Waals surface area contributed by atoms with Crippen LogP contribution in [0.3, 0.4) is 0 Å². The molecular weight excluding hydrogens is 352 g/mol. The number of halogens is 1. The first-order valence-corrected chi connectivity index (χ1v) is 8.32. The molecule has 3 rings (SSSR count). The van der Waals surface area contributed by atoms with Gasteiger partial charge in [-0.25, -0.2) is 0 Å². The van der Waals surface area contributed by atoms with Crippen LogP contribution in [0.5, 0.6) is 11.5 Å². The van der Waals surface area contributed by atoms with Crippen molar-refractivity contribution < 1.29 is 14.3 Å². The smallest absolute Gasteiger partial charge is 0.173 e. The zero-order chi connectivity index (χ0) is 14.7. The molecule has 0 spiro atoms. The molecule has 0 aromatic heterocycles. The molecule has 1 heterocycles. The molecule has 0 aliphatic carbocycles. The third-order valence-corrected chi connectivity index (χ3v) is 5.09. The van der Waals surface area contributed by atoms with Crippen LogP contribution in [-0.4, -0.2) is 24.7 Å². The maximum Gasteiger partial charge on any atom is 0.173 e. The van der Waals surface area contributed by atoms with E-state index in [0.29, 0.717) is 36.0 Å². The summed E-state index contributed by atoms with van der Waals surface area (Å²) in [4.78, 5) is 13.3. The molecule has 0 radical (unpaired) electrons. The van der Waals surface area contributed by atoms with Crippen molar-refractivity contribution in [2.45, 2.75) is 4.90 Å². The van der Waals surface area contributed by atoms with E-state index < -0.39 is 0 Å². The SMILES string of the molecule is O=C(CSc1ccccc1Br)c1ccc2c(c1)OCCO2. The Morgan fingerprint density at radius 2 is 1.86 bits per heavy atom. The first-order valence-electron chi connectivity index (χ1n) is 6.54. The largest absolute Gasteiger partial charge is 0.486 e. The number of hydrogen-bond acceptors (Lipinski definition) is 4. The number of rotatable bonds is 4. The molecule has 0 bridgehead atoms. The van der Waals surface area contributed by atoms with Crippen molar-refractivity contribution in [1.82, 2.24) is 0 Å². The van der Waals surface area contributed by atoms with Gasteiger partial charge >= 0.3 is 0 Å². The number of hydrogen-bond donors (Lipinski definition) is 0. The van der Waals surface area contributed by atoms with Crippen LogP contribution in [-0.2, 0) is 0 Å². The van der Waals surface area contributed by atoms with Crippen molar-refractivity contribution in [2.75, 3.05) is 19.0 Å². The number of ether oxygens (including phenoxy) is 2.